The molecule has 0 bridgehead atoms. The van der Waals surface area contributed by atoms with E-state index in [2.05, 4.69) is 5.32 Å². The number of hydrogen-bond acceptors (Lipinski definition) is 3. The largest absolute Gasteiger partial charge is 0.310 e. The van der Waals surface area contributed by atoms with Gasteiger partial charge in [0.2, 0.25) is 0 Å². The van der Waals surface area contributed by atoms with E-state index in [1.165, 1.54) is 18.4 Å². The molecule has 0 spiro atoms. The van der Waals surface area contributed by atoms with Crippen molar-refractivity contribution in [3.05, 3.63) is 45.0 Å². The zero-order valence-corrected chi connectivity index (χ0v) is 10.8. The fourth-order valence-electron chi connectivity index (χ4n) is 1.84. The lowest BCUT2D eigenvalue weighted by Gasteiger charge is -2.04. The van der Waals surface area contributed by atoms with Gasteiger partial charge in [0.1, 0.15) is 0 Å². The van der Waals surface area contributed by atoms with Crippen LogP contribution in [0, 0.1) is 17.0 Å². The fourth-order valence-corrected chi connectivity index (χ4v) is 1.84. The maximum Gasteiger partial charge on any atom is 0.272 e. The van der Waals surface area contributed by atoms with Crippen molar-refractivity contribution in [1.29, 1.82) is 0 Å². The molecule has 0 saturated heterocycles. The van der Waals surface area contributed by atoms with E-state index in [0.717, 1.165) is 12.1 Å². The lowest BCUT2D eigenvalue weighted by atomic mass is 10.1. The standard InChI is InChI=1S/C14H18N2O2/c1-10(9-15-13-5-6-13)7-12-4-3-11(2)14(8-12)16(17)18/h3-4,7-8,13,15H,5-6,9H2,1-2H3. The highest BCUT2D eigenvalue weighted by Crippen LogP contribution is 2.21. The van der Waals surface area contributed by atoms with Gasteiger partial charge >= 0.3 is 0 Å². The van der Waals surface area contributed by atoms with E-state index >= 15 is 0 Å². The molecule has 1 saturated carbocycles. The molecule has 0 radical (unpaired) electrons. The van der Waals surface area contributed by atoms with Crippen molar-refractivity contribution < 1.29 is 4.92 Å². The summed E-state index contributed by atoms with van der Waals surface area (Å²) in [6.45, 7) is 4.65. The van der Waals surface area contributed by atoms with Crippen molar-refractivity contribution in [3.8, 4) is 0 Å². The second kappa shape index (κ2) is 5.31. The Balaban J connectivity index is 2.09. The highest BCUT2D eigenvalue weighted by Gasteiger charge is 2.19. The van der Waals surface area contributed by atoms with E-state index in [-0.39, 0.29) is 10.6 Å². The van der Waals surface area contributed by atoms with Crippen LogP contribution in [-0.2, 0) is 0 Å². The monoisotopic (exact) mass is 246 g/mol. The van der Waals surface area contributed by atoms with Crippen LogP contribution >= 0.6 is 0 Å². The molecule has 96 valence electrons. The summed E-state index contributed by atoms with van der Waals surface area (Å²) in [7, 11) is 0. The van der Waals surface area contributed by atoms with E-state index in [4.69, 9.17) is 0 Å². The van der Waals surface area contributed by atoms with Gasteiger partial charge in [0.25, 0.3) is 5.69 Å². The highest BCUT2D eigenvalue weighted by molar-refractivity contribution is 5.58. The lowest BCUT2D eigenvalue weighted by Crippen LogP contribution is -2.18. The Labute approximate surface area is 107 Å². The molecule has 0 aliphatic heterocycles. The average Bonchev–Trinajstić information content (AvgIpc) is 3.12. The molecule has 0 heterocycles. The molecule has 0 unspecified atom stereocenters. The van der Waals surface area contributed by atoms with Crippen molar-refractivity contribution in [2.45, 2.75) is 32.7 Å². The van der Waals surface area contributed by atoms with Crippen LogP contribution in [0.5, 0.6) is 0 Å². The van der Waals surface area contributed by atoms with Crippen molar-refractivity contribution in [3.63, 3.8) is 0 Å². The molecule has 0 atom stereocenters. The minimum Gasteiger partial charge on any atom is -0.310 e. The molecule has 0 amide bonds. The maximum atomic E-state index is 10.9. The molecule has 1 aromatic carbocycles. The molecule has 2 rings (SSSR count). The van der Waals surface area contributed by atoms with Gasteiger partial charge in [0.15, 0.2) is 0 Å². The number of nitro benzene ring substituents is 1. The van der Waals surface area contributed by atoms with Crippen LogP contribution in [0.1, 0.15) is 30.9 Å². The topological polar surface area (TPSA) is 55.2 Å². The van der Waals surface area contributed by atoms with E-state index in [1.807, 2.05) is 19.1 Å². The van der Waals surface area contributed by atoms with Crippen molar-refractivity contribution in [2.75, 3.05) is 6.54 Å². The van der Waals surface area contributed by atoms with Crippen LogP contribution in [0.3, 0.4) is 0 Å². The minimum absolute atomic E-state index is 0.187. The summed E-state index contributed by atoms with van der Waals surface area (Å²) >= 11 is 0. The third-order valence-electron chi connectivity index (χ3n) is 3.09. The number of benzene rings is 1. The Morgan fingerprint density at radius 1 is 1.56 bits per heavy atom. The first-order valence-corrected chi connectivity index (χ1v) is 6.22. The van der Waals surface area contributed by atoms with E-state index in [1.54, 1.807) is 19.1 Å². The van der Waals surface area contributed by atoms with Crippen molar-refractivity contribution in [1.82, 2.24) is 5.32 Å². The molecule has 4 nitrogen and oxygen atoms in total. The molecule has 1 aromatic rings. The molecule has 1 fully saturated rings. The summed E-state index contributed by atoms with van der Waals surface area (Å²) in [5, 5.41) is 14.3. The number of hydrogen-bond donors (Lipinski definition) is 1. The van der Waals surface area contributed by atoms with Gasteiger partial charge in [-0.2, -0.15) is 0 Å². The smallest absolute Gasteiger partial charge is 0.272 e. The Bertz CT molecular complexity index is 491. The Hall–Kier alpha value is -1.68. The summed E-state index contributed by atoms with van der Waals surface area (Å²) in [5.41, 5.74) is 2.97. The van der Waals surface area contributed by atoms with Crippen LogP contribution < -0.4 is 5.32 Å². The highest BCUT2D eigenvalue weighted by atomic mass is 16.6. The van der Waals surface area contributed by atoms with Crippen LogP contribution in [0.25, 0.3) is 6.08 Å². The number of nitro groups is 1. The van der Waals surface area contributed by atoms with Crippen LogP contribution in [0.4, 0.5) is 5.69 Å². The Kier molecular flexibility index (Phi) is 3.77. The van der Waals surface area contributed by atoms with Crippen LogP contribution in [0.2, 0.25) is 0 Å². The van der Waals surface area contributed by atoms with E-state index in [9.17, 15) is 10.1 Å². The third-order valence-corrected chi connectivity index (χ3v) is 3.09. The van der Waals surface area contributed by atoms with Gasteiger partial charge in [-0.3, -0.25) is 10.1 Å². The lowest BCUT2D eigenvalue weighted by molar-refractivity contribution is -0.385. The molecule has 0 aromatic heterocycles. The number of rotatable bonds is 5. The number of nitrogens with zero attached hydrogens (tertiary/aromatic N) is 1. The number of nitrogens with one attached hydrogen (secondary N) is 1. The first kappa shape index (κ1) is 12.8. The predicted octanol–water partition coefficient (Wildman–Crippen LogP) is 3.06. The van der Waals surface area contributed by atoms with Gasteiger partial charge in [0.05, 0.1) is 4.92 Å². The van der Waals surface area contributed by atoms with Crippen molar-refractivity contribution in [2.24, 2.45) is 0 Å². The average molecular weight is 246 g/mol. The normalized spacial score (nSPS) is 15.8. The molecule has 1 aliphatic rings. The summed E-state index contributed by atoms with van der Waals surface area (Å²) < 4.78 is 0. The van der Waals surface area contributed by atoms with Gasteiger partial charge in [-0.05, 0) is 32.3 Å². The SMILES string of the molecule is CC(=Cc1ccc(C)c([N+](=O)[O-])c1)CNC1CC1. The molecule has 1 aliphatic carbocycles. The molecule has 18 heavy (non-hydrogen) atoms. The maximum absolute atomic E-state index is 10.9. The quantitative estimate of drug-likeness (QED) is 0.641. The Morgan fingerprint density at radius 2 is 2.28 bits per heavy atom. The Morgan fingerprint density at radius 3 is 2.89 bits per heavy atom. The van der Waals surface area contributed by atoms with E-state index < -0.39 is 0 Å². The second-order valence-electron chi connectivity index (χ2n) is 4.95. The minimum atomic E-state index is -0.329. The van der Waals surface area contributed by atoms with Gasteiger partial charge in [-0.1, -0.05) is 23.8 Å². The molecule has 4 heteroatoms. The first-order chi connectivity index (χ1) is 8.56. The summed E-state index contributed by atoms with van der Waals surface area (Å²) in [4.78, 5) is 10.5. The summed E-state index contributed by atoms with van der Waals surface area (Å²) in [6, 6.07) is 6.03. The summed E-state index contributed by atoms with van der Waals surface area (Å²) in [6.07, 6.45) is 4.54. The molecular formula is C14H18N2O2. The predicted molar refractivity (Wildman–Crippen MR) is 72.5 cm³/mol. The fraction of sp³-hybridized carbons (Fsp3) is 0.429. The van der Waals surface area contributed by atoms with Crippen LogP contribution in [0.15, 0.2) is 23.8 Å². The first-order valence-electron chi connectivity index (χ1n) is 6.22. The molecular weight excluding hydrogens is 228 g/mol. The van der Waals surface area contributed by atoms with E-state index in [0.29, 0.717) is 11.6 Å². The van der Waals surface area contributed by atoms with Gasteiger partial charge < -0.3 is 5.32 Å². The molecule has 1 N–H and O–H groups in total. The number of aryl methyl sites for hydroxylation is 1. The van der Waals surface area contributed by atoms with Gasteiger partial charge in [-0.25, -0.2) is 0 Å². The second-order valence-corrected chi connectivity index (χ2v) is 4.95. The van der Waals surface area contributed by atoms with Crippen molar-refractivity contribution >= 4 is 11.8 Å². The van der Waals surface area contributed by atoms with Gasteiger partial charge in [0, 0.05) is 24.2 Å². The van der Waals surface area contributed by atoms with Crippen LogP contribution in [-0.4, -0.2) is 17.5 Å². The van der Waals surface area contributed by atoms with Gasteiger partial charge in [-0.15, -0.1) is 0 Å². The zero-order chi connectivity index (χ0) is 13.1. The summed E-state index contributed by atoms with van der Waals surface area (Å²) in [5.74, 6) is 0. The third kappa shape index (κ3) is 3.40. The zero-order valence-electron chi connectivity index (χ0n) is 10.8.